The number of thioether (sulfide) groups is 2. The van der Waals surface area contributed by atoms with Gasteiger partial charge in [-0.2, -0.15) is 23.5 Å². The molecule has 35 heavy (non-hydrogen) atoms. The first-order chi connectivity index (χ1) is 17.2. The summed E-state index contributed by atoms with van der Waals surface area (Å²) in [6.07, 6.45) is 7.42. The number of rotatable bonds is 10. The van der Waals surface area contributed by atoms with Crippen molar-refractivity contribution in [1.82, 2.24) is 4.98 Å². The molecule has 0 aliphatic carbocycles. The van der Waals surface area contributed by atoms with E-state index in [0.717, 1.165) is 51.1 Å². The highest BCUT2D eigenvalue weighted by atomic mass is 32.2. The van der Waals surface area contributed by atoms with Gasteiger partial charge in [-0.15, -0.1) is 0 Å². The molecule has 1 aromatic carbocycles. The number of fused-ring (bicyclic) bond motifs is 10. The van der Waals surface area contributed by atoms with Gasteiger partial charge in [0.1, 0.15) is 19.3 Å². The Bertz CT molecular complexity index is 940. The minimum atomic E-state index is -0.622. The number of carbonyl (C=O) groups is 1. The van der Waals surface area contributed by atoms with Gasteiger partial charge in [-0.25, -0.2) is 4.79 Å². The number of pyridine rings is 1. The van der Waals surface area contributed by atoms with Gasteiger partial charge in [0, 0.05) is 36.1 Å². The molecule has 3 heterocycles. The van der Waals surface area contributed by atoms with Crippen LogP contribution < -0.4 is 4.74 Å². The molecule has 0 saturated heterocycles. The first-order valence-electron chi connectivity index (χ1n) is 12.3. The number of hydrogen-bond donors (Lipinski definition) is 0. The summed E-state index contributed by atoms with van der Waals surface area (Å²) in [6, 6.07) is 9.04. The summed E-state index contributed by atoms with van der Waals surface area (Å²) in [5, 5.41) is 0. The highest BCUT2D eigenvalue weighted by Crippen LogP contribution is 2.31. The van der Waals surface area contributed by atoms with E-state index in [2.05, 4.69) is 4.99 Å². The molecule has 0 saturated carbocycles. The smallest absolute Gasteiger partial charge is 0.330 e. The average Bonchev–Trinajstić information content (AvgIpc) is 2.92. The number of nitrogens with zero attached hydrogens (tertiary/aromatic N) is 2. The number of benzene rings is 1. The Morgan fingerprint density at radius 3 is 2.66 bits per heavy atom. The predicted octanol–water partition coefficient (Wildman–Crippen LogP) is 5.70. The highest BCUT2D eigenvalue weighted by molar-refractivity contribution is 7.98. The molecule has 0 radical (unpaired) electrons. The zero-order chi connectivity index (χ0) is 24.7. The van der Waals surface area contributed by atoms with E-state index in [1.807, 2.05) is 67.0 Å². The quantitative estimate of drug-likeness (QED) is 0.228. The largest absolute Gasteiger partial charge is 0.489 e. The van der Waals surface area contributed by atoms with Crippen molar-refractivity contribution in [3.63, 3.8) is 0 Å². The summed E-state index contributed by atoms with van der Waals surface area (Å²) in [6.45, 7) is 5.58. The lowest BCUT2D eigenvalue weighted by Gasteiger charge is -2.17. The lowest BCUT2D eigenvalue weighted by Crippen LogP contribution is -2.18. The van der Waals surface area contributed by atoms with Gasteiger partial charge >= 0.3 is 5.97 Å². The minimum absolute atomic E-state index is 0.240. The monoisotopic (exact) mass is 516 g/mol. The fourth-order valence-corrected chi connectivity index (χ4v) is 5.44. The molecule has 8 heteroatoms. The molecule has 1 atom stereocenters. The summed E-state index contributed by atoms with van der Waals surface area (Å²) in [5.74, 6) is 4.24. The van der Waals surface area contributed by atoms with Gasteiger partial charge in [0.15, 0.2) is 5.75 Å². The van der Waals surface area contributed by atoms with Crippen molar-refractivity contribution in [2.75, 3.05) is 31.3 Å². The standard InChI is InChI=1S/C27H36N2O4S2/c1-3-31-12-13-32-26-24(17-28-21(2)27(30)33-18-22-10-6-4-7-11-22)23-16-29-25(26)20-35-15-9-5-8-14-34-19-23/h4,6-7,10-11,16-17,21H,3,5,8-9,12-15,18-20H2,1-2H3/t21-/m0/s1. The third-order valence-corrected chi connectivity index (χ3v) is 7.62. The van der Waals surface area contributed by atoms with Crippen LogP contribution in [0.2, 0.25) is 0 Å². The van der Waals surface area contributed by atoms with E-state index in [1.165, 1.54) is 19.3 Å². The van der Waals surface area contributed by atoms with Crippen LogP contribution in [0.4, 0.5) is 0 Å². The van der Waals surface area contributed by atoms with E-state index < -0.39 is 6.04 Å². The van der Waals surface area contributed by atoms with Crippen LogP contribution in [-0.4, -0.2) is 54.5 Å². The molecule has 0 fully saturated rings. The highest BCUT2D eigenvalue weighted by Gasteiger charge is 2.18. The van der Waals surface area contributed by atoms with Crippen LogP contribution in [0.15, 0.2) is 41.5 Å². The van der Waals surface area contributed by atoms with Gasteiger partial charge in [0.2, 0.25) is 0 Å². The van der Waals surface area contributed by atoms with Crippen molar-refractivity contribution in [1.29, 1.82) is 0 Å². The molecule has 0 spiro atoms. The Morgan fingerprint density at radius 2 is 1.89 bits per heavy atom. The lowest BCUT2D eigenvalue weighted by molar-refractivity contribution is -0.145. The van der Waals surface area contributed by atoms with E-state index in [0.29, 0.717) is 19.8 Å². The van der Waals surface area contributed by atoms with Gasteiger partial charge < -0.3 is 14.2 Å². The van der Waals surface area contributed by atoms with Crippen molar-refractivity contribution >= 4 is 35.7 Å². The maximum absolute atomic E-state index is 12.6. The molecule has 2 aliphatic rings. The van der Waals surface area contributed by atoms with Gasteiger partial charge in [0.05, 0.1) is 12.3 Å². The normalized spacial score (nSPS) is 15.7. The average molecular weight is 517 g/mol. The Balaban J connectivity index is 1.79. The third-order valence-electron chi connectivity index (χ3n) is 5.47. The summed E-state index contributed by atoms with van der Waals surface area (Å²) in [5.41, 5.74) is 3.85. The van der Waals surface area contributed by atoms with Crippen LogP contribution in [0.3, 0.4) is 0 Å². The van der Waals surface area contributed by atoms with Crippen LogP contribution in [0, 0.1) is 0 Å². The third kappa shape index (κ3) is 9.50. The SMILES string of the molecule is CCOCCOc1c2ncc(c1C=N[C@@H](C)C(=O)OCc1ccccc1)CSCCCCCSC2. The van der Waals surface area contributed by atoms with E-state index in [9.17, 15) is 4.79 Å². The Hall–Kier alpha value is -2.03. The van der Waals surface area contributed by atoms with E-state index >= 15 is 0 Å². The summed E-state index contributed by atoms with van der Waals surface area (Å²) >= 11 is 3.79. The fraction of sp³-hybridized carbons (Fsp3) is 0.519. The number of aliphatic imine (C=N–C) groups is 1. The molecule has 1 aromatic heterocycles. The number of ether oxygens (including phenoxy) is 3. The van der Waals surface area contributed by atoms with Crippen molar-refractivity contribution < 1.29 is 19.0 Å². The Morgan fingerprint density at radius 1 is 1.11 bits per heavy atom. The number of hydrogen-bond acceptors (Lipinski definition) is 8. The first kappa shape index (κ1) is 27.6. The van der Waals surface area contributed by atoms with Crippen LogP contribution in [-0.2, 0) is 32.4 Å². The maximum Gasteiger partial charge on any atom is 0.330 e. The second-order valence-electron chi connectivity index (χ2n) is 8.23. The summed E-state index contributed by atoms with van der Waals surface area (Å²) in [7, 11) is 0. The fourth-order valence-electron chi connectivity index (χ4n) is 3.49. The number of esters is 1. The zero-order valence-corrected chi connectivity index (χ0v) is 22.4. The van der Waals surface area contributed by atoms with E-state index in [-0.39, 0.29) is 12.6 Å². The zero-order valence-electron chi connectivity index (χ0n) is 20.7. The molecule has 190 valence electrons. The molecule has 4 rings (SSSR count). The van der Waals surface area contributed by atoms with Crippen LogP contribution >= 0.6 is 23.5 Å². The summed E-state index contributed by atoms with van der Waals surface area (Å²) in [4.78, 5) is 21.9. The van der Waals surface area contributed by atoms with E-state index in [4.69, 9.17) is 19.2 Å². The molecule has 2 aliphatic heterocycles. The molecule has 6 nitrogen and oxygen atoms in total. The van der Waals surface area contributed by atoms with Crippen molar-refractivity contribution in [3.05, 3.63) is 58.9 Å². The number of carbonyl (C=O) groups excluding carboxylic acids is 1. The lowest BCUT2D eigenvalue weighted by atomic mass is 10.1. The summed E-state index contributed by atoms with van der Waals surface area (Å²) < 4.78 is 17.2. The molecule has 0 amide bonds. The molecule has 2 aromatic rings. The second kappa shape index (κ2) is 15.9. The van der Waals surface area contributed by atoms with E-state index in [1.54, 1.807) is 13.1 Å². The Labute approximate surface area is 217 Å². The van der Waals surface area contributed by atoms with Crippen molar-refractivity contribution in [2.24, 2.45) is 4.99 Å². The molecular weight excluding hydrogens is 480 g/mol. The Kier molecular flexibility index (Phi) is 12.5. The van der Waals surface area contributed by atoms with Crippen molar-refractivity contribution in [3.8, 4) is 5.75 Å². The van der Waals surface area contributed by atoms with Crippen LogP contribution in [0.5, 0.6) is 5.75 Å². The molecular formula is C27H36N2O4S2. The minimum Gasteiger partial charge on any atom is -0.489 e. The van der Waals surface area contributed by atoms with Gasteiger partial charge in [-0.05, 0) is 49.3 Å². The van der Waals surface area contributed by atoms with Crippen LogP contribution in [0.1, 0.15) is 55.5 Å². The molecule has 0 unspecified atom stereocenters. The number of aromatic nitrogens is 1. The molecule has 0 N–H and O–H groups in total. The first-order valence-corrected chi connectivity index (χ1v) is 14.6. The topological polar surface area (TPSA) is 70.0 Å². The maximum atomic E-state index is 12.6. The predicted molar refractivity (Wildman–Crippen MR) is 146 cm³/mol. The van der Waals surface area contributed by atoms with Crippen molar-refractivity contribution in [2.45, 2.75) is 57.3 Å². The molecule has 2 bridgehead atoms. The van der Waals surface area contributed by atoms with Gasteiger partial charge in [-0.3, -0.25) is 9.98 Å². The van der Waals surface area contributed by atoms with Gasteiger partial charge in [0.25, 0.3) is 0 Å². The van der Waals surface area contributed by atoms with Gasteiger partial charge in [-0.1, -0.05) is 36.8 Å². The second-order valence-corrected chi connectivity index (χ2v) is 10.4. The van der Waals surface area contributed by atoms with Crippen LogP contribution in [0.25, 0.3) is 0 Å².